The third-order valence-electron chi connectivity index (χ3n) is 3.44. The van der Waals surface area contributed by atoms with Crippen LogP contribution in [0.2, 0.25) is 0 Å². The van der Waals surface area contributed by atoms with Crippen molar-refractivity contribution in [3.8, 4) is 0 Å². The first-order chi connectivity index (χ1) is 9.26. The Kier molecular flexibility index (Phi) is 4.68. The summed E-state index contributed by atoms with van der Waals surface area (Å²) >= 11 is 0. The minimum Gasteiger partial charge on any atom is -0.330 e. The standard InChI is InChI=1S/C15H21N3O/c1-2-14-13(9-6-10-16)15(19)18(17-14)11-12-7-4-3-5-8-12/h3-5,7-8,13H,2,6,9-11,16H2,1H3. The lowest BCUT2D eigenvalue weighted by atomic mass is 9.96. The fraction of sp³-hybridized carbons (Fsp3) is 0.467. The normalized spacial score (nSPS) is 18.8. The van der Waals surface area contributed by atoms with Crippen molar-refractivity contribution >= 4 is 11.6 Å². The Morgan fingerprint density at radius 2 is 2.05 bits per heavy atom. The molecule has 4 nitrogen and oxygen atoms in total. The zero-order valence-electron chi connectivity index (χ0n) is 11.4. The Bertz CT molecular complexity index is 456. The Labute approximate surface area is 114 Å². The van der Waals surface area contributed by atoms with E-state index in [0.717, 1.165) is 30.5 Å². The molecule has 1 aromatic carbocycles. The van der Waals surface area contributed by atoms with Crippen molar-refractivity contribution < 1.29 is 4.79 Å². The van der Waals surface area contributed by atoms with E-state index >= 15 is 0 Å². The summed E-state index contributed by atoms with van der Waals surface area (Å²) in [5, 5.41) is 6.08. The summed E-state index contributed by atoms with van der Waals surface area (Å²) in [4.78, 5) is 12.4. The van der Waals surface area contributed by atoms with Gasteiger partial charge in [-0.15, -0.1) is 0 Å². The molecule has 102 valence electrons. The summed E-state index contributed by atoms with van der Waals surface area (Å²) in [6.45, 7) is 3.23. The van der Waals surface area contributed by atoms with Crippen molar-refractivity contribution in [3.05, 3.63) is 35.9 Å². The third kappa shape index (κ3) is 3.20. The summed E-state index contributed by atoms with van der Waals surface area (Å²) in [5.74, 6) is 0.0615. The second-order valence-electron chi connectivity index (χ2n) is 4.81. The van der Waals surface area contributed by atoms with Gasteiger partial charge in [-0.2, -0.15) is 5.10 Å². The highest BCUT2D eigenvalue weighted by Crippen LogP contribution is 2.23. The molecule has 0 aromatic heterocycles. The van der Waals surface area contributed by atoms with Gasteiger partial charge < -0.3 is 5.73 Å². The van der Waals surface area contributed by atoms with E-state index in [2.05, 4.69) is 5.10 Å². The molecule has 0 saturated heterocycles. The molecular formula is C15H21N3O. The summed E-state index contributed by atoms with van der Waals surface area (Å²) in [6.07, 6.45) is 2.51. The summed E-state index contributed by atoms with van der Waals surface area (Å²) in [5.41, 5.74) is 7.63. The first-order valence-electron chi connectivity index (χ1n) is 6.89. The van der Waals surface area contributed by atoms with Crippen LogP contribution in [-0.2, 0) is 11.3 Å². The number of nitrogens with two attached hydrogens (primary N) is 1. The van der Waals surface area contributed by atoms with Crippen molar-refractivity contribution in [1.29, 1.82) is 0 Å². The molecule has 2 rings (SSSR count). The number of carbonyl (C=O) groups is 1. The Hall–Kier alpha value is -1.68. The molecule has 0 bridgehead atoms. The van der Waals surface area contributed by atoms with Gasteiger partial charge in [0.2, 0.25) is 0 Å². The van der Waals surface area contributed by atoms with Crippen molar-refractivity contribution in [2.24, 2.45) is 16.8 Å². The van der Waals surface area contributed by atoms with E-state index in [1.54, 1.807) is 5.01 Å². The summed E-state index contributed by atoms with van der Waals surface area (Å²) < 4.78 is 0. The topological polar surface area (TPSA) is 58.7 Å². The molecule has 1 heterocycles. The molecule has 0 spiro atoms. The number of hydrogen-bond donors (Lipinski definition) is 1. The molecular weight excluding hydrogens is 238 g/mol. The van der Waals surface area contributed by atoms with E-state index < -0.39 is 0 Å². The lowest BCUT2D eigenvalue weighted by Crippen LogP contribution is -2.27. The van der Waals surface area contributed by atoms with Crippen LogP contribution in [0.1, 0.15) is 31.7 Å². The molecule has 19 heavy (non-hydrogen) atoms. The zero-order valence-corrected chi connectivity index (χ0v) is 11.4. The molecule has 0 fully saturated rings. The van der Waals surface area contributed by atoms with E-state index in [0.29, 0.717) is 13.1 Å². The number of amides is 1. The molecule has 1 amide bonds. The maximum absolute atomic E-state index is 12.4. The zero-order chi connectivity index (χ0) is 13.7. The maximum Gasteiger partial charge on any atom is 0.251 e. The molecule has 0 aliphatic carbocycles. The molecule has 0 saturated carbocycles. The second-order valence-corrected chi connectivity index (χ2v) is 4.81. The monoisotopic (exact) mass is 259 g/mol. The molecule has 1 unspecified atom stereocenters. The highest BCUT2D eigenvalue weighted by atomic mass is 16.2. The molecule has 1 aromatic rings. The SMILES string of the molecule is CCC1=NN(Cc2ccccc2)C(=O)C1CCCN. The van der Waals surface area contributed by atoms with Crippen LogP contribution in [-0.4, -0.2) is 23.2 Å². The predicted octanol–water partition coefficient (Wildman–Crippen LogP) is 2.15. The van der Waals surface area contributed by atoms with Crippen molar-refractivity contribution in [2.75, 3.05) is 6.54 Å². The van der Waals surface area contributed by atoms with Crippen LogP contribution in [0.25, 0.3) is 0 Å². The van der Waals surface area contributed by atoms with Gasteiger partial charge in [0.25, 0.3) is 5.91 Å². The summed E-state index contributed by atoms with van der Waals surface area (Å²) in [7, 11) is 0. The minimum atomic E-state index is -0.0581. The molecule has 4 heteroatoms. The lowest BCUT2D eigenvalue weighted by molar-refractivity contribution is -0.132. The van der Waals surface area contributed by atoms with Crippen molar-refractivity contribution in [3.63, 3.8) is 0 Å². The quantitative estimate of drug-likeness (QED) is 0.851. The number of hydrogen-bond acceptors (Lipinski definition) is 3. The fourth-order valence-corrected chi connectivity index (χ4v) is 2.40. The van der Waals surface area contributed by atoms with Crippen LogP contribution in [0.5, 0.6) is 0 Å². The van der Waals surface area contributed by atoms with Crippen LogP contribution in [0.15, 0.2) is 35.4 Å². The van der Waals surface area contributed by atoms with Gasteiger partial charge in [-0.05, 0) is 31.4 Å². The first kappa shape index (κ1) is 13.7. The van der Waals surface area contributed by atoms with E-state index in [9.17, 15) is 4.79 Å². The van der Waals surface area contributed by atoms with Crippen LogP contribution < -0.4 is 5.73 Å². The molecule has 0 radical (unpaired) electrons. The smallest absolute Gasteiger partial charge is 0.251 e. The van der Waals surface area contributed by atoms with Gasteiger partial charge in [-0.1, -0.05) is 37.3 Å². The molecule has 1 aliphatic heterocycles. The maximum atomic E-state index is 12.4. The number of rotatable bonds is 6. The Morgan fingerprint density at radius 3 is 2.68 bits per heavy atom. The average Bonchev–Trinajstić information content (AvgIpc) is 2.74. The Morgan fingerprint density at radius 1 is 1.32 bits per heavy atom. The van der Waals surface area contributed by atoms with Gasteiger partial charge in [0, 0.05) is 0 Å². The van der Waals surface area contributed by atoms with E-state index in [1.165, 1.54) is 0 Å². The van der Waals surface area contributed by atoms with Gasteiger partial charge in [-0.25, -0.2) is 5.01 Å². The van der Waals surface area contributed by atoms with Crippen molar-refractivity contribution in [2.45, 2.75) is 32.7 Å². The van der Waals surface area contributed by atoms with Gasteiger partial charge in [0.05, 0.1) is 18.2 Å². The van der Waals surface area contributed by atoms with Crippen LogP contribution in [0, 0.1) is 5.92 Å². The van der Waals surface area contributed by atoms with Gasteiger partial charge >= 0.3 is 0 Å². The average molecular weight is 259 g/mol. The lowest BCUT2D eigenvalue weighted by Gasteiger charge is -2.14. The predicted molar refractivity (Wildman–Crippen MR) is 76.5 cm³/mol. The van der Waals surface area contributed by atoms with E-state index in [1.807, 2.05) is 37.3 Å². The van der Waals surface area contributed by atoms with Gasteiger partial charge in [0.1, 0.15) is 0 Å². The van der Waals surface area contributed by atoms with Crippen molar-refractivity contribution in [1.82, 2.24) is 5.01 Å². The summed E-state index contributed by atoms with van der Waals surface area (Å²) in [6, 6.07) is 9.96. The second kappa shape index (κ2) is 6.48. The van der Waals surface area contributed by atoms with Crippen LogP contribution in [0.4, 0.5) is 0 Å². The highest BCUT2D eigenvalue weighted by Gasteiger charge is 2.33. The van der Waals surface area contributed by atoms with Gasteiger partial charge in [0.15, 0.2) is 0 Å². The number of benzene rings is 1. The molecule has 2 N–H and O–H groups in total. The number of hydrazone groups is 1. The molecule has 1 aliphatic rings. The van der Waals surface area contributed by atoms with Crippen LogP contribution >= 0.6 is 0 Å². The highest BCUT2D eigenvalue weighted by molar-refractivity contribution is 6.07. The van der Waals surface area contributed by atoms with E-state index in [-0.39, 0.29) is 11.8 Å². The van der Waals surface area contributed by atoms with Gasteiger partial charge in [-0.3, -0.25) is 4.79 Å². The minimum absolute atomic E-state index is 0.0581. The number of nitrogens with zero attached hydrogens (tertiary/aromatic N) is 2. The Balaban J connectivity index is 2.06. The number of carbonyl (C=O) groups excluding carboxylic acids is 1. The fourth-order valence-electron chi connectivity index (χ4n) is 2.40. The largest absolute Gasteiger partial charge is 0.330 e. The molecule has 1 atom stereocenters. The van der Waals surface area contributed by atoms with Crippen LogP contribution in [0.3, 0.4) is 0 Å². The first-order valence-corrected chi connectivity index (χ1v) is 6.89. The third-order valence-corrected chi connectivity index (χ3v) is 3.44. The van der Waals surface area contributed by atoms with E-state index in [4.69, 9.17) is 5.73 Å².